The molecule has 0 radical (unpaired) electrons. The largest absolute Gasteiger partial charge is 0.444 e. The zero-order valence-electron chi connectivity index (χ0n) is 10.2. The minimum Gasteiger partial charge on any atom is -0.444 e. The third kappa shape index (κ3) is 3.94. The molecule has 0 N–H and O–H groups in total. The van der Waals surface area contributed by atoms with Crippen LogP contribution in [0.5, 0.6) is 0 Å². The van der Waals surface area contributed by atoms with Gasteiger partial charge in [-0.05, 0) is 40.5 Å². The summed E-state index contributed by atoms with van der Waals surface area (Å²) in [7, 11) is 0. The summed E-state index contributed by atoms with van der Waals surface area (Å²) in [6.07, 6.45) is 3.93. The van der Waals surface area contributed by atoms with Crippen LogP contribution in [0.2, 0.25) is 0 Å². The highest BCUT2D eigenvalue weighted by molar-refractivity contribution is 5.68. The van der Waals surface area contributed by atoms with Crippen molar-refractivity contribution in [2.45, 2.75) is 46.1 Å². The molecule has 0 bridgehead atoms. The number of carbonyl (C=O) groups is 1. The molecule has 3 nitrogen and oxygen atoms in total. The molecule has 1 rings (SSSR count). The van der Waals surface area contributed by atoms with E-state index in [9.17, 15) is 4.79 Å². The SMILES string of the molecule is CC=C1CCN(C(=O)OC(C)(C)C)CC1. The first kappa shape index (κ1) is 12.1. The van der Waals surface area contributed by atoms with E-state index in [1.807, 2.05) is 20.8 Å². The summed E-state index contributed by atoms with van der Waals surface area (Å²) in [6, 6.07) is 0. The summed E-state index contributed by atoms with van der Waals surface area (Å²) in [6.45, 7) is 9.31. The molecular weight excluding hydrogens is 190 g/mol. The van der Waals surface area contributed by atoms with Crippen molar-refractivity contribution in [3.63, 3.8) is 0 Å². The van der Waals surface area contributed by atoms with Crippen molar-refractivity contribution in [1.82, 2.24) is 4.90 Å². The third-order valence-corrected chi connectivity index (χ3v) is 2.47. The van der Waals surface area contributed by atoms with Crippen molar-refractivity contribution in [2.75, 3.05) is 13.1 Å². The van der Waals surface area contributed by atoms with Gasteiger partial charge in [-0.1, -0.05) is 11.6 Å². The van der Waals surface area contributed by atoms with Crippen molar-refractivity contribution >= 4 is 6.09 Å². The summed E-state index contributed by atoms with van der Waals surface area (Å²) in [4.78, 5) is 13.5. The standard InChI is InChI=1S/C12H21NO2/c1-5-10-6-8-13(9-7-10)11(14)15-12(2,3)4/h5H,6-9H2,1-4H3. The van der Waals surface area contributed by atoms with Gasteiger partial charge in [0.2, 0.25) is 0 Å². The molecular formula is C12H21NO2. The van der Waals surface area contributed by atoms with Crippen LogP contribution in [0.4, 0.5) is 4.79 Å². The van der Waals surface area contributed by atoms with Crippen molar-refractivity contribution in [2.24, 2.45) is 0 Å². The zero-order valence-corrected chi connectivity index (χ0v) is 10.2. The number of rotatable bonds is 0. The Morgan fingerprint density at radius 3 is 2.27 bits per heavy atom. The maximum absolute atomic E-state index is 11.7. The van der Waals surface area contributed by atoms with E-state index in [0.717, 1.165) is 25.9 Å². The molecule has 0 saturated carbocycles. The quantitative estimate of drug-likeness (QED) is 0.576. The van der Waals surface area contributed by atoms with Crippen LogP contribution in [0.3, 0.4) is 0 Å². The zero-order chi connectivity index (χ0) is 11.5. The number of hydrogen-bond donors (Lipinski definition) is 0. The number of hydrogen-bond acceptors (Lipinski definition) is 2. The maximum atomic E-state index is 11.7. The third-order valence-electron chi connectivity index (χ3n) is 2.47. The Morgan fingerprint density at radius 1 is 1.33 bits per heavy atom. The number of likely N-dealkylation sites (tertiary alicyclic amines) is 1. The number of amides is 1. The van der Waals surface area contributed by atoms with E-state index in [-0.39, 0.29) is 6.09 Å². The maximum Gasteiger partial charge on any atom is 0.410 e. The second-order valence-corrected chi connectivity index (χ2v) is 4.91. The summed E-state index contributed by atoms with van der Waals surface area (Å²) in [5, 5.41) is 0. The van der Waals surface area contributed by atoms with Gasteiger partial charge in [-0.15, -0.1) is 0 Å². The lowest BCUT2D eigenvalue weighted by Crippen LogP contribution is -2.40. The highest BCUT2D eigenvalue weighted by Crippen LogP contribution is 2.18. The molecule has 1 amide bonds. The molecule has 15 heavy (non-hydrogen) atoms. The van der Waals surface area contributed by atoms with Gasteiger partial charge in [-0.2, -0.15) is 0 Å². The lowest BCUT2D eigenvalue weighted by atomic mass is 10.0. The molecule has 0 aromatic carbocycles. The van der Waals surface area contributed by atoms with Crippen molar-refractivity contribution in [3.8, 4) is 0 Å². The Bertz CT molecular complexity index is 253. The van der Waals surface area contributed by atoms with E-state index < -0.39 is 5.60 Å². The molecule has 0 aliphatic carbocycles. The topological polar surface area (TPSA) is 29.5 Å². The van der Waals surface area contributed by atoms with E-state index in [1.54, 1.807) is 4.90 Å². The van der Waals surface area contributed by atoms with Gasteiger partial charge in [-0.3, -0.25) is 0 Å². The smallest absolute Gasteiger partial charge is 0.410 e. The molecule has 1 fully saturated rings. The fourth-order valence-corrected chi connectivity index (χ4v) is 1.59. The van der Waals surface area contributed by atoms with Crippen molar-refractivity contribution in [3.05, 3.63) is 11.6 Å². The van der Waals surface area contributed by atoms with E-state index in [4.69, 9.17) is 4.74 Å². The van der Waals surface area contributed by atoms with Crippen LogP contribution in [-0.2, 0) is 4.74 Å². The van der Waals surface area contributed by atoms with Crippen LogP contribution in [-0.4, -0.2) is 29.7 Å². The van der Waals surface area contributed by atoms with Crippen molar-refractivity contribution < 1.29 is 9.53 Å². The molecule has 1 saturated heterocycles. The summed E-state index contributed by atoms with van der Waals surface area (Å²) in [5.74, 6) is 0. The van der Waals surface area contributed by atoms with Crippen LogP contribution >= 0.6 is 0 Å². The lowest BCUT2D eigenvalue weighted by molar-refractivity contribution is 0.0236. The molecule has 3 heteroatoms. The fraction of sp³-hybridized carbons (Fsp3) is 0.750. The predicted octanol–water partition coefficient (Wildman–Crippen LogP) is 2.96. The lowest BCUT2D eigenvalue weighted by Gasteiger charge is -2.30. The Kier molecular flexibility index (Phi) is 3.77. The number of piperidine rings is 1. The van der Waals surface area contributed by atoms with Gasteiger partial charge in [0.25, 0.3) is 0 Å². The first-order valence-electron chi connectivity index (χ1n) is 5.54. The van der Waals surface area contributed by atoms with E-state index in [2.05, 4.69) is 13.0 Å². The van der Waals surface area contributed by atoms with Crippen LogP contribution in [0.15, 0.2) is 11.6 Å². The average molecular weight is 211 g/mol. The average Bonchev–Trinajstić information content (AvgIpc) is 2.15. The van der Waals surface area contributed by atoms with Crippen LogP contribution < -0.4 is 0 Å². The summed E-state index contributed by atoms with van der Waals surface area (Å²) >= 11 is 0. The van der Waals surface area contributed by atoms with Crippen molar-refractivity contribution in [1.29, 1.82) is 0 Å². The minimum absolute atomic E-state index is 0.183. The molecule has 0 spiro atoms. The molecule has 0 unspecified atom stereocenters. The Balaban J connectivity index is 2.43. The normalized spacial score (nSPS) is 17.6. The first-order valence-corrected chi connectivity index (χ1v) is 5.54. The highest BCUT2D eigenvalue weighted by Gasteiger charge is 2.24. The van der Waals surface area contributed by atoms with Gasteiger partial charge in [0.15, 0.2) is 0 Å². The second kappa shape index (κ2) is 4.69. The molecule has 1 aliphatic heterocycles. The molecule has 1 aliphatic rings. The number of nitrogens with zero attached hydrogens (tertiary/aromatic N) is 1. The van der Waals surface area contributed by atoms with E-state index >= 15 is 0 Å². The van der Waals surface area contributed by atoms with Gasteiger partial charge < -0.3 is 9.64 Å². The monoisotopic (exact) mass is 211 g/mol. The fourth-order valence-electron chi connectivity index (χ4n) is 1.59. The highest BCUT2D eigenvalue weighted by atomic mass is 16.6. The van der Waals surface area contributed by atoms with Gasteiger partial charge >= 0.3 is 6.09 Å². The first-order chi connectivity index (χ1) is 6.92. The van der Waals surface area contributed by atoms with Gasteiger partial charge in [0.1, 0.15) is 5.60 Å². The summed E-state index contributed by atoms with van der Waals surface area (Å²) < 4.78 is 5.31. The Morgan fingerprint density at radius 2 is 1.87 bits per heavy atom. The van der Waals surface area contributed by atoms with Crippen LogP contribution in [0.25, 0.3) is 0 Å². The van der Waals surface area contributed by atoms with E-state index in [0.29, 0.717) is 0 Å². The summed E-state index contributed by atoms with van der Waals surface area (Å²) in [5.41, 5.74) is 1.05. The van der Waals surface area contributed by atoms with Gasteiger partial charge in [-0.25, -0.2) is 4.79 Å². The van der Waals surface area contributed by atoms with Gasteiger partial charge in [0, 0.05) is 13.1 Å². The molecule has 0 atom stereocenters. The Labute approximate surface area is 92.1 Å². The second-order valence-electron chi connectivity index (χ2n) is 4.91. The number of carbonyl (C=O) groups excluding carboxylic acids is 1. The molecule has 1 heterocycles. The van der Waals surface area contributed by atoms with Crippen LogP contribution in [0.1, 0.15) is 40.5 Å². The number of ether oxygens (including phenoxy) is 1. The Hall–Kier alpha value is -0.990. The van der Waals surface area contributed by atoms with Crippen LogP contribution in [0, 0.1) is 0 Å². The molecule has 0 aromatic heterocycles. The van der Waals surface area contributed by atoms with E-state index in [1.165, 1.54) is 5.57 Å². The van der Waals surface area contributed by atoms with Gasteiger partial charge in [0.05, 0.1) is 0 Å². The minimum atomic E-state index is -0.391. The predicted molar refractivity (Wildman–Crippen MR) is 60.8 cm³/mol. The molecule has 0 aromatic rings. The number of allylic oxidation sites excluding steroid dienone is 1. The molecule has 86 valence electrons.